The van der Waals surface area contributed by atoms with Crippen LogP contribution in [-0.4, -0.2) is 45.0 Å². The van der Waals surface area contributed by atoms with E-state index in [-0.39, 0.29) is 46.1 Å². The zero-order chi connectivity index (χ0) is 29.0. The first-order valence-electron chi connectivity index (χ1n) is 11.1. The van der Waals surface area contributed by atoms with Gasteiger partial charge >= 0.3 is 6.18 Å². The van der Waals surface area contributed by atoms with Crippen LogP contribution >= 0.6 is 11.6 Å². The second-order valence-corrected chi connectivity index (χ2v) is 10.3. The summed E-state index contributed by atoms with van der Waals surface area (Å²) in [5, 5.41) is 11.4. The molecule has 3 N–H and O–H groups in total. The number of anilines is 1. The van der Waals surface area contributed by atoms with Crippen LogP contribution in [-0.2, 0) is 21.0 Å². The fourth-order valence-corrected chi connectivity index (χ4v) is 4.66. The van der Waals surface area contributed by atoms with Crippen molar-refractivity contribution in [2.75, 3.05) is 25.1 Å². The number of halogens is 5. The molecule has 3 aromatic rings. The Kier molecular flexibility index (Phi) is 9.33. The third-order valence-electron chi connectivity index (χ3n) is 5.22. The molecule has 3 rings (SSSR count). The van der Waals surface area contributed by atoms with E-state index in [2.05, 4.69) is 10.0 Å². The molecule has 39 heavy (non-hydrogen) atoms. The Bertz CT molecular complexity index is 1510. The smallest absolute Gasteiger partial charge is 0.416 e. The number of ketones is 1. The Hall–Kier alpha value is -3.52. The van der Waals surface area contributed by atoms with Gasteiger partial charge in [-0.3, -0.25) is 9.59 Å². The van der Waals surface area contributed by atoms with Crippen LogP contribution in [0.2, 0.25) is 5.02 Å². The highest BCUT2D eigenvalue weighted by atomic mass is 35.5. The number of ether oxygens (including phenoxy) is 1. The first-order chi connectivity index (χ1) is 18.2. The van der Waals surface area contributed by atoms with Gasteiger partial charge in [0.1, 0.15) is 11.6 Å². The number of hydrogen-bond donors (Lipinski definition) is 3. The Labute approximate surface area is 225 Å². The fraction of sp³-hybridized carbons (Fsp3) is 0.200. The number of benzene rings is 3. The molecule has 0 unspecified atom stereocenters. The van der Waals surface area contributed by atoms with Gasteiger partial charge in [-0.05, 0) is 67.1 Å². The zero-order valence-corrected chi connectivity index (χ0v) is 21.7. The average Bonchev–Trinajstić information content (AvgIpc) is 2.86. The summed E-state index contributed by atoms with van der Waals surface area (Å²) in [4.78, 5) is 25.4. The van der Waals surface area contributed by atoms with Gasteiger partial charge in [0.2, 0.25) is 10.0 Å². The predicted octanol–water partition coefficient (Wildman–Crippen LogP) is 4.33. The summed E-state index contributed by atoms with van der Waals surface area (Å²) >= 11 is 5.94. The Morgan fingerprint density at radius 1 is 1.05 bits per heavy atom. The van der Waals surface area contributed by atoms with Gasteiger partial charge in [-0.2, -0.15) is 13.2 Å². The summed E-state index contributed by atoms with van der Waals surface area (Å²) in [7, 11) is -3.87. The maximum Gasteiger partial charge on any atom is 0.416 e. The van der Waals surface area contributed by atoms with E-state index in [9.17, 15) is 35.6 Å². The van der Waals surface area contributed by atoms with Gasteiger partial charge in [-0.25, -0.2) is 17.5 Å². The number of aryl methyl sites for hydroxylation is 1. The summed E-state index contributed by atoms with van der Waals surface area (Å²) in [6.45, 7) is 0.349. The number of sulfonamides is 1. The van der Waals surface area contributed by atoms with Crippen LogP contribution in [0.5, 0.6) is 5.75 Å². The molecule has 0 bridgehead atoms. The molecule has 0 fully saturated rings. The zero-order valence-electron chi connectivity index (χ0n) is 20.1. The minimum absolute atomic E-state index is 0.0433. The molecule has 0 aliphatic rings. The first kappa shape index (κ1) is 30.0. The van der Waals surface area contributed by atoms with Gasteiger partial charge in [0.05, 0.1) is 22.6 Å². The topological polar surface area (TPSA) is 122 Å². The van der Waals surface area contributed by atoms with Crippen LogP contribution in [0.15, 0.2) is 59.5 Å². The van der Waals surface area contributed by atoms with Gasteiger partial charge in [-0.1, -0.05) is 11.6 Å². The van der Waals surface area contributed by atoms with E-state index >= 15 is 0 Å². The molecule has 0 radical (unpaired) electrons. The van der Waals surface area contributed by atoms with E-state index in [0.717, 1.165) is 6.07 Å². The summed E-state index contributed by atoms with van der Waals surface area (Å²) in [6.07, 6.45) is -4.89. The molecule has 14 heteroatoms. The van der Waals surface area contributed by atoms with Crippen LogP contribution in [0.1, 0.15) is 27.0 Å². The SMILES string of the molecule is Cc1cc(S(=O)(=O)NCCO)ccc1NC(=O)COc1ccc(Cl)cc1C(=O)c1cc(F)cc(C(F)(F)F)c1. The third-order valence-corrected chi connectivity index (χ3v) is 6.91. The van der Waals surface area contributed by atoms with Gasteiger partial charge in [-0.15, -0.1) is 0 Å². The van der Waals surface area contributed by atoms with E-state index in [1.807, 2.05) is 0 Å². The molecule has 1 amide bonds. The van der Waals surface area contributed by atoms with E-state index < -0.39 is 51.4 Å². The van der Waals surface area contributed by atoms with Crippen LogP contribution in [0.4, 0.5) is 23.2 Å². The number of aliphatic hydroxyl groups is 1. The van der Waals surface area contributed by atoms with Gasteiger partial charge in [0.25, 0.3) is 5.91 Å². The molecule has 0 saturated heterocycles. The number of alkyl halides is 3. The second-order valence-electron chi connectivity index (χ2n) is 8.13. The Morgan fingerprint density at radius 3 is 2.41 bits per heavy atom. The molecule has 0 aromatic heterocycles. The lowest BCUT2D eigenvalue weighted by molar-refractivity contribution is -0.137. The number of aliphatic hydroxyl groups excluding tert-OH is 1. The molecular weight excluding hydrogens is 568 g/mol. The monoisotopic (exact) mass is 588 g/mol. The predicted molar refractivity (Wildman–Crippen MR) is 134 cm³/mol. The van der Waals surface area contributed by atoms with E-state index in [4.69, 9.17) is 21.4 Å². The van der Waals surface area contributed by atoms with E-state index in [0.29, 0.717) is 17.7 Å². The highest BCUT2D eigenvalue weighted by Crippen LogP contribution is 2.32. The van der Waals surface area contributed by atoms with Crippen molar-refractivity contribution in [3.63, 3.8) is 0 Å². The quantitative estimate of drug-likeness (QED) is 0.239. The molecule has 0 aliphatic carbocycles. The first-order valence-corrected chi connectivity index (χ1v) is 12.9. The summed E-state index contributed by atoms with van der Waals surface area (Å²) < 4.78 is 85.1. The molecule has 0 aliphatic heterocycles. The van der Waals surface area contributed by atoms with Crippen molar-refractivity contribution in [1.29, 1.82) is 0 Å². The molecular formula is C25H21ClF4N2O6S. The lowest BCUT2D eigenvalue weighted by Gasteiger charge is -2.14. The number of carbonyl (C=O) groups is 2. The Balaban J connectivity index is 1.77. The third kappa shape index (κ3) is 7.76. The number of nitrogens with one attached hydrogen (secondary N) is 2. The van der Waals surface area contributed by atoms with Crippen molar-refractivity contribution in [1.82, 2.24) is 4.72 Å². The molecule has 0 heterocycles. The normalized spacial score (nSPS) is 11.8. The molecule has 208 valence electrons. The standard InChI is InChI=1S/C25H21ClF4N2O6S/c1-14-8-19(39(36,37)31-6-7-33)3-4-21(14)32-23(34)13-38-22-5-2-17(26)12-20(22)24(35)15-9-16(25(28,29)30)11-18(27)10-15/h2-5,8-12,31,33H,6-7,13H2,1H3,(H,32,34). The molecule has 0 atom stereocenters. The van der Waals surface area contributed by atoms with Crippen molar-refractivity contribution < 1.29 is 45.4 Å². The number of amides is 1. The van der Waals surface area contributed by atoms with E-state index in [1.54, 1.807) is 6.92 Å². The van der Waals surface area contributed by atoms with Crippen molar-refractivity contribution in [3.8, 4) is 5.75 Å². The molecule has 8 nitrogen and oxygen atoms in total. The lowest BCUT2D eigenvalue weighted by Crippen LogP contribution is -2.27. The van der Waals surface area contributed by atoms with Gasteiger partial charge in [0.15, 0.2) is 12.4 Å². The van der Waals surface area contributed by atoms with Gasteiger partial charge < -0.3 is 15.2 Å². The highest BCUT2D eigenvalue weighted by Gasteiger charge is 2.32. The maximum absolute atomic E-state index is 13.8. The van der Waals surface area contributed by atoms with E-state index in [1.165, 1.54) is 30.3 Å². The van der Waals surface area contributed by atoms with Crippen LogP contribution in [0.3, 0.4) is 0 Å². The minimum Gasteiger partial charge on any atom is -0.483 e. The van der Waals surface area contributed by atoms with Crippen LogP contribution < -0.4 is 14.8 Å². The molecule has 3 aromatic carbocycles. The number of carbonyl (C=O) groups excluding carboxylic acids is 2. The largest absolute Gasteiger partial charge is 0.483 e. The van der Waals surface area contributed by atoms with Crippen molar-refractivity contribution in [2.45, 2.75) is 18.0 Å². The number of rotatable bonds is 10. The summed E-state index contributed by atoms with van der Waals surface area (Å²) in [5.74, 6) is -3.17. The van der Waals surface area contributed by atoms with Crippen LogP contribution in [0, 0.1) is 12.7 Å². The second kappa shape index (κ2) is 12.1. The minimum atomic E-state index is -4.89. The van der Waals surface area contributed by atoms with Crippen molar-refractivity contribution in [2.24, 2.45) is 0 Å². The summed E-state index contributed by atoms with van der Waals surface area (Å²) in [5.41, 5.74) is -1.60. The lowest BCUT2D eigenvalue weighted by atomic mass is 10.00. The van der Waals surface area contributed by atoms with Crippen molar-refractivity contribution in [3.05, 3.63) is 87.7 Å². The van der Waals surface area contributed by atoms with Crippen LogP contribution in [0.25, 0.3) is 0 Å². The molecule has 0 spiro atoms. The molecule has 0 saturated carbocycles. The van der Waals surface area contributed by atoms with Gasteiger partial charge in [0, 0.05) is 22.8 Å². The highest BCUT2D eigenvalue weighted by molar-refractivity contribution is 7.89. The maximum atomic E-state index is 13.8. The average molecular weight is 589 g/mol. The number of hydrogen-bond acceptors (Lipinski definition) is 6. The fourth-order valence-electron chi connectivity index (χ4n) is 3.38. The summed E-state index contributed by atoms with van der Waals surface area (Å²) in [6, 6.07) is 8.96. The van der Waals surface area contributed by atoms with Crippen molar-refractivity contribution >= 4 is 39.0 Å². The Morgan fingerprint density at radius 2 is 1.77 bits per heavy atom.